The zero-order chi connectivity index (χ0) is 22.1. The topological polar surface area (TPSA) is 92.5 Å². The predicted octanol–water partition coefficient (Wildman–Crippen LogP) is 4.24. The van der Waals surface area contributed by atoms with Gasteiger partial charge in [-0.05, 0) is 64.1 Å². The summed E-state index contributed by atoms with van der Waals surface area (Å²) in [7, 11) is -2.16. The van der Waals surface area contributed by atoms with Crippen LogP contribution in [0, 0.1) is 13.8 Å². The number of oxazole rings is 1. The second-order valence-electron chi connectivity index (χ2n) is 7.34. The van der Waals surface area contributed by atoms with Gasteiger partial charge in [0.15, 0.2) is 0 Å². The van der Waals surface area contributed by atoms with Crippen molar-refractivity contribution in [2.24, 2.45) is 0 Å². The zero-order valence-electron chi connectivity index (χ0n) is 17.6. The first-order valence-electron chi connectivity index (χ1n) is 9.53. The Morgan fingerprint density at radius 3 is 2.43 bits per heavy atom. The Bertz CT molecular complexity index is 1160. The van der Waals surface area contributed by atoms with Crippen molar-refractivity contribution in [3.63, 3.8) is 0 Å². The minimum atomic E-state index is -3.68. The van der Waals surface area contributed by atoms with E-state index in [-0.39, 0.29) is 16.5 Å². The van der Waals surface area contributed by atoms with E-state index in [1.807, 2.05) is 19.9 Å². The Balaban J connectivity index is 1.84. The van der Waals surface area contributed by atoms with Crippen LogP contribution in [0.4, 0.5) is 5.69 Å². The van der Waals surface area contributed by atoms with Crippen molar-refractivity contribution in [3.05, 3.63) is 65.5 Å². The summed E-state index contributed by atoms with van der Waals surface area (Å²) < 4.78 is 32.3. The molecular weight excluding hydrogens is 402 g/mol. The van der Waals surface area contributed by atoms with Gasteiger partial charge in [0.1, 0.15) is 5.76 Å². The SMILES string of the molecule is Cc1nc(-c2cccc(NC(=O)c3cccc(S(=O)(=O)N(C)C(C)C)c3)c2)oc1C. The number of nitrogens with zero attached hydrogens (tertiary/aromatic N) is 2. The number of rotatable bonds is 6. The van der Waals surface area contributed by atoms with Crippen LogP contribution in [-0.4, -0.2) is 36.7 Å². The number of anilines is 1. The third kappa shape index (κ3) is 4.44. The maximum atomic E-state index is 12.7. The van der Waals surface area contributed by atoms with Crippen LogP contribution >= 0.6 is 0 Å². The molecule has 0 radical (unpaired) electrons. The number of carbonyl (C=O) groups is 1. The quantitative estimate of drug-likeness (QED) is 0.635. The summed E-state index contributed by atoms with van der Waals surface area (Å²) in [5.74, 6) is 0.811. The fourth-order valence-electron chi connectivity index (χ4n) is 2.77. The van der Waals surface area contributed by atoms with Crippen LogP contribution in [0.15, 0.2) is 57.8 Å². The van der Waals surface area contributed by atoms with E-state index in [2.05, 4.69) is 10.3 Å². The smallest absolute Gasteiger partial charge is 0.255 e. The van der Waals surface area contributed by atoms with E-state index in [0.29, 0.717) is 11.6 Å². The lowest BCUT2D eigenvalue weighted by atomic mass is 10.1. The molecule has 0 aliphatic heterocycles. The molecule has 0 bridgehead atoms. The number of hydrogen-bond donors (Lipinski definition) is 1. The Kier molecular flexibility index (Phi) is 6.09. The average Bonchev–Trinajstić information content (AvgIpc) is 3.06. The highest BCUT2D eigenvalue weighted by Gasteiger charge is 2.24. The fourth-order valence-corrected chi connectivity index (χ4v) is 4.19. The first-order valence-corrected chi connectivity index (χ1v) is 11.0. The molecule has 158 valence electrons. The van der Waals surface area contributed by atoms with Crippen LogP contribution < -0.4 is 5.32 Å². The highest BCUT2D eigenvalue weighted by molar-refractivity contribution is 7.89. The molecule has 0 unspecified atom stereocenters. The lowest BCUT2D eigenvalue weighted by molar-refractivity contribution is 0.102. The minimum absolute atomic E-state index is 0.0748. The van der Waals surface area contributed by atoms with Crippen molar-refractivity contribution < 1.29 is 17.6 Å². The van der Waals surface area contributed by atoms with E-state index in [4.69, 9.17) is 4.42 Å². The van der Waals surface area contributed by atoms with Gasteiger partial charge in [0, 0.05) is 29.9 Å². The van der Waals surface area contributed by atoms with Crippen molar-refractivity contribution in [1.29, 1.82) is 0 Å². The van der Waals surface area contributed by atoms with E-state index in [0.717, 1.165) is 17.0 Å². The van der Waals surface area contributed by atoms with E-state index < -0.39 is 15.9 Å². The summed E-state index contributed by atoms with van der Waals surface area (Å²) in [5, 5.41) is 2.80. The van der Waals surface area contributed by atoms with E-state index in [1.165, 1.54) is 23.5 Å². The number of amides is 1. The molecule has 0 fully saturated rings. The molecule has 1 N–H and O–H groups in total. The molecule has 0 spiro atoms. The lowest BCUT2D eigenvalue weighted by Gasteiger charge is -2.21. The van der Waals surface area contributed by atoms with Crippen molar-refractivity contribution in [1.82, 2.24) is 9.29 Å². The van der Waals surface area contributed by atoms with E-state index in [9.17, 15) is 13.2 Å². The molecule has 1 aromatic heterocycles. The van der Waals surface area contributed by atoms with Crippen molar-refractivity contribution in [2.45, 2.75) is 38.6 Å². The first-order chi connectivity index (χ1) is 14.1. The number of aryl methyl sites for hydroxylation is 2. The highest BCUT2D eigenvalue weighted by Crippen LogP contribution is 2.25. The van der Waals surface area contributed by atoms with Gasteiger partial charge in [-0.3, -0.25) is 4.79 Å². The Labute approximate surface area is 176 Å². The van der Waals surface area contributed by atoms with Crippen LogP contribution in [0.25, 0.3) is 11.5 Å². The highest BCUT2D eigenvalue weighted by atomic mass is 32.2. The molecule has 30 heavy (non-hydrogen) atoms. The van der Waals surface area contributed by atoms with Gasteiger partial charge in [-0.1, -0.05) is 12.1 Å². The van der Waals surface area contributed by atoms with Gasteiger partial charge in [0.2, 0.25) is 15.9 Å². The summed E-state index contributed by atoms with van der Waals surface area (Å²) in [6, 6.07) is 12.9. The molecule has 0 saturated heterocycles. The molecular formula is C22H25N3O4S. The maximum Gasteiger partial charge on any atom is 0.255 e. The van der Waals surface area contributed by atoms with Gasteiger partial charge < -0.3 is 9.73 Å². The normalized spacial score (nSPS) is 11.8. The minimum Gasteiger partial charge on any atom is -0.441 e. The second-order valence-corrected chi connectivity index (χ2v) is 9.34. The number of benzene rings is 2. The van der Waals surface area contributed by atoms with Crippen molar-refractivity contribution in [2.75, 3.05) is 12.4 Å². The van der Waals surface area contributed by atoms with Crippen molar-refractivity contribution in [3.8, 4) is 11.5 Å². The van der Waals surface area contributed by atoms with Gasteiger partial charge in [0.05, 0.1) is 10.6 Å². The van der Waals surface area contributed by atoms with E-state index >= 15 is 0 Å². The molecule has 1 heterocycles. The number of carbonyl (C=O) groups excluding carboxylic acids is 1. The predicted molar refractivity (Wildman–Crippen MR) is 116 cm³/mol. The molecule has 8 heteroatoms. The second kappa shape index (κ2) is 8.41. The third-order valence-electron chi connectivity index (χ3n) is 4.90. The summed E-state index contributed by atoms with van der Waals surface area (Å²) in [5.41, 5.74) is 2.35. The molecule has 0 atom stereocenters. The van der Waals surface area contributed by atoms with Crippen LogP contribution in [0.5, 0.6) is 0 Å². The molecule has 7 nitrogen and oxygen atoms in total. The number of hydrogen-bond acceptors (Lipinski definition) is 5. The lowest BCUT2D eigenvalue weighted by Crippen LogP contribution is -2.33. The summed E-state index contributed by atoms with van der Waals surface area (Å²) in [6.45, 7) is 7.29. The van der Waals surface area contributed by atoms with Crippen LogP contribution in [0.3, 0.4) is 0 Å². The first kappa shape index (κ1) is 21.7. The van der Waals surface area contributed by atoms with Crippen LogP contribution in [0.2, 0.25) is 0 Å². The molecule has 1 amide bonds. The largest absolute Gasteiger partial charge is 0.441 e. The average molecular weight is 428 g/mol. The molecule has 0 aliphatic rings. The Morgan fingerprint density at radius 2 is 1.80 bits per heavy atom. The summed E-state index contributed by atoms with van der Waals surface area (Å²) >= 11 is 0. The maximum absolute atomic E-state index is 12.7. The number of sulfonamides is 1. The van der Waals surface area contributed by atoms with Gasteiger partial charge in [-0.15, -0.1) is 0 Å². The Morgan fingerprint density at radius 1 is 1.10 bits per heavy atom. The molecule has 3 aromatic rings. The molecule has 3 rings (SSSR count). The monoisotopic (exact) mass is 427 g/mol. The standard InChI is InChI=1S/C22H25N3O4S/c1-14(2)25(5)30(27,28)20-11-7-8-17(13-20)21(26)24-19-10-6-9-18(12-19)22-23-15(3)16(4)29-22/h6-14H,1-5H3,(H,24,26). The van der Waals surface area contributed by atoms with Crippen LogP contribution in [0.1, 0.15) is 35.7 Å². The van der Waals surface area contributed by atoms with Gasteiger partial charge in [-0.2, -0.15) is 4.31 Å². The zero-order valence-corrected chi connectivity index (χ0v) is 18.4. The van der Waals surface area contributed by atoms with Gasteiger partial charge >= 0.3 is 0 Å². The van der Waals surface area contributed by atoms with Crippen LogP contribution in [-0.2, 0) is 10.0 Å². The van der Waals surface area contributed by atoms with Crippen molar-refractivity contribution >= 4 is 21.6 Å². The fraction of sp³-hybridized carbons (Fsp3) is 0.273. The van der Waals surface area contributed by atoms with Gasteiger partial charge in [0.25, 0.3) is 5.91 Å². The number of nitrogens with one attached hydrogen (secondary N) is 1. The Hall–Kier alpha value is -2.97. The number of aromatic nitrogens is 1. The molecule has 0 aliphatic carbocycles. The summed E-state index contributed by atoms with van der Waals surface area (Å²) in [4.78, 5) is 17.2. The molecule has 0 saturated carbocycles. The van der Waals surface area contributed by atoms with Gasteiger partial charge in [-0.25, -0.2) is 13.4 Å². The van der Waals surface area contributed by atoms with E-state index in [1.54, 1.807) is 44.2 Å². The third-order valence-corrected chi connectivity index (χ3v) is 6.93. The molecule has 2 aromatic carbocycles. The summed E-state index contributed by atoms with van der Waals surface area (Å²) in [6.07, 6.45) is 0.